The summed E-state index contributed by atoms with van der Waals surface area (Å²) in [6.07, 6.45) is 0. The highest BCUT2D eigenvalue weighted by Gasteiger charge is 2.25. The number of benzene rings is 1. The van der Waals surface area contributed by atoms with Crippen LogP contribution in [0.15, 0.2) is 24.3 Å². The quantitative estimate of drug-likeness (QED) is 0.691. The third kappa shape index (κ3) is 6.52. The molecule has 2 rings (SSSR count). The predicted molar refractivity (Wildman–Crippen MR) is 106 cm³/mol. The molecule has 0 spiro atoms. The highest BCUT2D eigenvalue weighted by Crippen LogP contribution is 2.23. The van der Waals surface area contributed by atoms with Gasteiger partial charge in [0.25, 0.3) is 0 Å². The molecule has 1 fully saturated rings. The molecule has 150 valence electrons. The topological polar surface area (TPSA) is 73.9 Å². The van der Waals surface area contributed by atoms with Crippen molar-refractivity contribution in [3.63, 3.8) is 0 Å². The minimum Gasteiger partial charge on any atom is -0.497 e. The first kappa shape index (κ1) is 21.2. The predicted octanol–water partition coefficient (Wildman–Crippen LogP) is 0.872. The zero-order chi connectivity index (χ0) is 19.8. The summed E-state index contributed by atoms with van der Waals surface area (Å²) in [5.41, 5.74) is 1.10. The summed E-state index contributed by atoms with van der Waals surface area (Å²) in [7, 11) is 3.75. The maximum Gasteiger partial charge on any atom is 0.309 e. The van der Waals surface area contributed by atoms with Crippen LogP contribution >= 0.6 is 0 Å². The molecule has 1 atom stereocenters. The third-order valence-electron chi connectivity index (χ3n) is 4.81. The van der Waals surface area contributed by atoms with Crippen LogP contribution in [-0.2, 0) is 9.59 Å². The van der Waals surface area contributed by atoms with Gasteiger partial charge in [0.1, 0.15) is 5.75 Å². The Morgan fingerprint density at radius 3 is 2.07 bits per heavy atom. The maximum absolute atomic E-state index is 12.2. The first-order valence-corrected chi connectivity index (χ1v) is 9.53. The molecule has 0 saturated carbocycles. The Labute approximate surface area is 162 Å². The van der Waals surface area contributed by atoms with E-state index in [4.69, 9.17) is 4.74 Å². The Morgan fingerprint density at radius 2 is 1.56 bits per heavy atom. The van der Waals surface area contributed by atoms with Crippen LogP contribution in [0.4, 0.5) is 0 Å². The largest absolute Gasteiger partial charge is 0.497 e. The molecule has 0 aliphatic carbocycles. The Kier molecular flexibility index (Phi) is 8.06. The molecule has 1 aliphatic heterocycles. The minimum absolute atomic E-state index is 0.0199. The Balaban J connectivity index is 2.03. The number of nitrogens with one attached hydrogen (secondary N) is 2. The monoisotopic (exact) mass is 376 g/mol. The molecule has 7 nitrogen and oxygen atoms in total. The van der Waals surface area contributed by atoms with E-state index in [0.29, 0.717) is 19.0 Å². The van der Waals surface area contributed by atoms with Crippen molar-refractivity contribution < 1.29 is 14.3 Å². The van der Waals surface area contributed by atoms with Gasteiger partial charge in [0.15, 0.2) is 0 Å². The fraction of sp³-hybridized carbons (Fsp3) is 0.600. The standard InChI is InChI=1S/C20H32N4O3/c1-15(2)13-21-19(25)20(26)22-14-18(24-11-9-23(3)10-12-24)16-5-7-17(27-4)8-6-16/h5-8,15,18H,9-14H2,1-4H3,(H,21,25)(H,22,26). The lowest BCUT2D eigenvalue weighted by Crippen LogP contribution is -2.50. The van der Waals surface area contributed by atoms with Crippen molar-refractivity contribution in [1.29, 1.82) is 0 Å². The van der Waals surface area contributed by atoms with E-state index in [9.17, 15) is 9.59 Å². The number of carbonyl (C=O) groups excluding carboxylic acids is 2. The lowest BCUT2D eigenvalue weighted by molar-refractivity contribution is -0.139. The summed E-state index contributed by atoms with van der Waals surface area (Å²) in [5.74, 6) is -0.0500. The van der Waals surface area contributed by atoms with E-state index in [1.165, 1.54) is 0 Å². The zero-order valence-corrected chi connectivity index (χ0v) is 16.8. The molecular formula is C20H32N4O3. The Bertz CT molecular complexity index is 610. The van der Waals surface area contributed by atoms with Crippen LogP contribution in [0.5, 0.6) is 5.75 Å². The molecule has 2 amide bonds. The number of piperazine rings is 1. The smallest absolute Gasteiger partial charge is 0.309 e. The van der Waals surface area contributed by atoms with Crippen LogP contribution < -0.4 is 15.4 Å². The third-order valence-corrected chi connectivity index (χ3v) is 4.81. The average Bonchev–Trinajstić information content (AvgIpc) is 2.67. The van der Waals surface area contributed by atoms with Crippen LogP contribution in [0.25, 0.3) is 0 Å². The normalized spacial score (nSPS) is 16.8. The molecule has 1 unspecified atom stereocenters. The van der Waals surface area contributed by atoms with Crippen molar-refractivity contribution in [2.45, 2.75) is 19.9 Å². The summed E-state index contributed by atoms with van der Waals surface area (Å²) in [6, 6.07) is 7.91. The number of rotatable bonds is 7. The summed E-state index contributed by atoms with van der Waals surface area (Å²) < 4.78 is 5.24. The molecule has 0 bridgehead atoms. The van der Waals surface area contributed by atoms with Crippen molar-refractivity contribution in [3.05, 3.63) is 29.8 Å². The number of hydrogen-bond acceptors (Lipinski definition) is 5. The van der Waals surface area contributed by atoms with Gasteiger partial charge in [0, 0.05) is 39.3 Å². The van der Waals surface area contributed by atoms with Gasteiger partial charge in [-0.15, -0.1) is 0 Å². The zero-order valence-electron chi connectivity index (χ0n) is 16.8. The summed E-state index contributed by atoms with van der Waals surface area (Å²) in [5, 5.41) is 5.46. The van der Waals surface area contributed by atoms with E-state index in [1.54, 1.807) is 7.11 Å². The second kappa shape index (κ2) is 10.3. The second-order valence-electron chi connectivity index (χ2n) is 7.44. The molecule has 1 aromatic carbocycles. The maximum atomic E-state index is 12.2. The van der Waals surface area contributed by atoms with Gasteiger partial charge < -0.3 is 20.3 Å². The second-order valence-corrected chi connectivity index (χ2v) is 7.44. The van der Waals surface area contributed by atoms with Gasteiger partial charge in [0.2, 0.25) is 0 Å². The minimum atomic E-state index is -0.580. The highest BCUT2D eigenvalue weighted by atomic mass is 16.5. The Hall–Kier alpha value is -2.12. The van der Waals surface area contributed by atoms with Crippen LogP contribution in [0.1, 0.15) is 25.5 Å². The van der Waals surface area contributed by atoms with E-state index in [1.807, 2.05) is 38.1 Å². The molecular weight excluding hydrogens is 344 g/mol. The number of ether oxygens (including phenoxy) is 1. The molecule has 1 heterocycles. The number of carbonyl (C=O) groups is 2. The summed E-state index contributed by atoms with van der Waals surface area (Å²) >= 11 is 0. The van der Waals surface area contributed by atoms with Crippen molar-refractivity contribution in [1.82, 2.24) is 20.4 Å². The van der Waals surface area contributed by atoms with Gasteiger partial charge in [-0.05, 0) is 30.7 Å². The number of amides is 2. The molecule has 1 aliphatic rings. The highest BCUT2D eigenvalue weighted by molar-refractivity contribution is 6.35. The van der Waals surface area contributed by atoms with E-state index in [2.05, 4.69) is 27.5 Å². The summed E-state index contributed by atoms with van der Waals surface area (Å²) in [6.45, 7) is 8.67. The molecule has 7 heteroatoms. The van der Waals surface area contributed by atoms with Crippen molar-refractivity contribution in [3.8, 4) is 5.75 Å². The van der Waals surface area contributed by atoms with Crippen LogP contribution in [-0.4, -0.2) is 75.0 Å². The van der Waals surface area contributed by atoms with E-state index in [0.717, 1.165) is 37.5 Å². The number of methoxy groups -OCH3 is 1. The first-order chi connectivity index (χ1) is 12.9. The van der Waals surface area contributed by atoms with E-state index in [-0.39, 0.29) is 6.04 Å². The SMILES string of the molecule is COc1ccc(C(CNC(=O)C(=O)NCC(C)C)N2CCN(C)CC2)cc1. The fourth-order valence-corrected chi connectivity index (χ4v) is 3.06. The molecule has 1 saturated heterocycles. The van der Waals surface area contributed by atoms with Gasteiger partial charge >= 0.3 is 11.8 Å². The molecule has 0 aromatic heterocycles. The molecule has 2 N–H and O–H groups in total. The van der Waals surface area contributed by atoms with Gasteiger partial charge in [-0.3, -0.25) is 14.5 Å². The lowest BCUT2D eigenvalue weighted by atomic mass is 10.0. The molecule has 1 aromatic rings. The van der Waals surface area contributed by atoms with Crippen LogP contribution in [0.3, 0.4) is 0 Å². The number of nitrogens with zero attached hydrogens (tertiary/aromatic N) is 2. The van der Waals surface area contributed by atoms with Gasteiger partial charge in [-0.25, -0.2) is 0 Å². The number of likely N-dealkylation sites (N-methyl/N-ethyl adjacent to an activating group) is 1. The Morgan fingerprint density at radius 1 is 1.00 bits per heavy atom. The average molecular weight is 377 g/mol. The van der Waals surface area contributed by atoms with Gasteiger partial charge in [0.05, 0.1) is 13.2 Å². The first-order valence-electron chi connectivity index (χ1n) is 9.53. The van der Waals surface area contributed by atoms with Crippen molar-refractivity contribution in [2.75, 3.05) is 53.4 Å². The molecule has 0 radical (unpaired) electrons. The van der Waals surface area contributed by atoms with Crippen LogP contribution in [0, 0.1) is 5.92 Å². The van der Waals surface area contributed by atoms with Gasteiger partial charge in [-0.1, -0.05) is 26.0 Å². The molecule has 27 heavy (non-hydrogen) atoms. The van der Waals surface area contributed by atoms with Gasteiger partial charge in [-0.2, -0.15) is 0 Å². The fourth-order valence-electron chi connectivity index (χ4n) is 3.06. The number of hydrogen-bond donors (Lipinski definition) is 2. The summed E-state index contributed by atoms with van der Waals surface area (Å²) in [4.78, 5) is 28.7. The van der Waals surface area contributed by atoms with Crippen molar-refractivity contribution >= 4 is 11.8 Å². The van der Waals surface area contributed by atoms with Crippen LogP contribution in [0.2, 0.25) is 0 Å². The van der Waals surface area contributed by atoms with Crippen molar-refractivity contribution in [2.24, 2.45) is 5.92 Å². The van der Waals surface area contributed by atoms with E-state index >= 15 is 0 Å². The lowest BCUT2D eigenvalue weighted by Gasteiger charge is -2.38. The van der Waals surface area contributed by atoms with E-state index < -0.39 is 11.8 Å².